The molecule has 0 aromatic carbocycles. The van der Waals surface area contributed by atoms with Crippen molar-refractivity contribution in [3.05, 3.63) is 22.6 Å². The van der Waals surface area contributed by atoms with Crippen LogP contribution in [0.2, 0.25) is 10.4 Å². The van der Waals surface area contributed by atoms with Crippen LogP contribution in [0.5, 0.6) is 0 Å². The summed E-state index contributed by atoms with van der Waals surface area (Å²) in [5.41, 5.74) is 1.60. The monoisotopic (exact) mass is 340 g/mol. The van der Waals surface area contributed by atoms with Crippen LogP contribution in [0.25, 0.3) is 22.2 Å². The quantitative estimate of drug-likeness (QED) is 0.522. The Labute approximate surface area is 137 Å². The average Bonchev–Trinajstić information content (AvgIpc) is 2.85. The molecule has 0 aliphatic heterocycles. The second-order valence-electron chi connectivity index (χ2n) is 4.66. The van der Waals surface area contributed by atoms with E-state index in [9.17, 15) is 0 Å². The summed E-state index contributed by atoms with van der Waals surface area (Å²) in [7, 11) is 1.66. The van der Waals surface area contributed by atoms with Crippen LogP contribution in [0.15, 0.2) is 16.5 Å². The lowest BCUT2D eigenvalue weighted by Gasteiger charge is -2.21. The van der Waals surface area contributed by atoms with Crippen molar-refractivity contribution in [1.82, 2.24) is 15.0 Å². The van der Waals surface area contributed by atoms with E-state index in [-0.39, 0.29) is 5.28 Å². The van der Waals surface area contributed by atoms with Crippen molar-refractivity contribution in [3.8, 4) is 0 Å². The van der Waals surface area contributed by atoms with Crippen molar-refractivity contribution in [1.29, 1.82) is 0 Å². The van der Waals surface area contributed by atoms with Gasteiger partial charge in [-0.05, 0) is 30.7 Å². The third kappa shape index (κ3) is 2.69. The van der Waals surface area contributed by atoms with Gasteiger partial charge in [-0.25, -0.2) is 9.97 Å². The highest BCUT2D eigenvalue weighted by molar-refractivity contribution is 6.30. The van der Waals surface area contributed by atoms with Gasteiger partial charge in [0.05, 0.1) is 12.0 Å². The predicted octanol–water partition coefficient (Wildman–Crippen LogP) is 3.55. The molecule has 0 spiro atoms. The fourth-order valence-corrected chi connectivity index (χ4v) is 2.60. The summed E-state index contributed by atoms with van der Waals surface area (Å²) in [5.74, 6) is 0.628. The molecule has 0 bridgehead atoms. The number of aromatic nitrogens is 3. The van der Waals surface area contributed by atoms with Gasteiger partial charge in [0.2, 0.25) is 11.0 Å². The molecule has 8 heteroatoms. The van der Waals surface area contributed by atoms with Crippen molar-refractivity contribution < 1.29 is 9.15 Å². The number of fused-ring (bicyclic) bond motifs is 3. The first kappa shape index (κ1) is 15.3. The standard InChI is InChI=1S/C14H14Cl2N4O2/c1-3-20(6-7-21-2)12-11-10(18-14(16)19-12)8-4-5-9(15)17-13(8)22-11/h4-5H,3,6-7H2,1-2H3. The van der Waals surface area contributed by atoms with Crippen molar-refractivity contribution in [2.24, 2.45) is 0 Å². The van der Waals surface area contributed by atoms with Crippen LogP contribution in [-0.2, 0) is 4.74 Å². The van der Waals surface area contributed by atoms with E-state index in [0.29, 0.717) is 40.9 Å². The SMILES string of the molecule is CCN(CCOC)c1nc(Cl)nc2c1oc1nc(Cl)ccc12. The molecule has 0 atom stereocenters. The molecule has 0 unspecified atom stereocenters. The summed E-state index contributed by atoms with van der Waals surface area (Å²) in [4.78, 5) is 14.8. The van der Waals surface area contributed by atoms with Gasteiger partial charge in [-0.1, -0.05) is 11.6 Å². The van der Waals surface area contributed by atoms with Gasteiger partial charge in [-0.2, -0.15) is 4.98 Å². The Kier molecular flexibility index (Phi) is 4.33. The Morgan fingerprint density at radius 2 is 2.05 bits per heavy atom. The first-order valence-corrected chi connectivity index (χ1v) is 7.55. The normalized spacial score (nSPS) is 11.5. The summed E-state index contributed by atoms with van der Waals surface area (Å²) < 4.78 is 11.0. The number of ether oxygens (including phenoxy) is 1. The Morgan fingerprint density at radius 3 is 2.77 bits per heavy atom. The van der Waals surface area contributed by atoms with Gasteiger partial charge in [-0.3, -0.25) is 0 Å². The number of hydrogen-bond acceptors (Lipinski definition) is 6. The zero-order valence-corrected chi connectivity index (χ0v) is 13.6. The third-order valence-electron chi connectivity index (χ3n) is 3.35. The number of rotatable bonds is 5. The molecule has 0 aliphatic rings. The molecule has 0 aliphatic carbocycles. The zero-order chi connectivity index (χ0) is 15.7. The van der Waals surface area contributed by atoms with Gasteiger partial charge in [0.25, 0.3) is 0 Å². The smallest absolute Gasteiger partial charge is 0.230 e. The van der Waals surface area contributed by atoms with Crippen molar-refractivity contribution in [2.45, 2.75) is 6.92 Å². The lowest BCUT2D eigenvalue weighted by atomic mass is 10.3. The molecule has 6 nitrogen and oxygen atoms in total. The summed E-state index contributed by atoms with van der Waals surface area (Å²) in [5, 5.41) is 1.28. The van der Waals surface area contributed by atoms with Crippen molar-refractivity contribution >= 4 is 51.2 Å². The summed E-state index contributed by atoms with van der Waals surface area (Å²) in [6.45, 7) is 3.99. The van der Waals surface area contributed by atoms with Crippen LogP contribution in [0.4, 0.5) is 5.82 Å². The zero-order valence-electron chi connectivity index (χ0n) is 12.1. The number of halogens is 2. The fourth-order valence-electron chi connectivity index (χ4n) is 2.29. The highest BCUT2D eigenvalue weighted by Gasteiger charge is 2.19. The van der Waals surface area contributed by atoms with Gasteiger partial charge in [0.15, 0.2) is 11.4 Å². The van der Waals surface area contributed by atoms with E-state index in [1.165, 1.54) is 0 Å². The van der Waals surface area contributed by atoms with E-state index >= 15 is 0 Å². The number of hydrogen-bond donors (Lipinski definition) is 0. The second kappa shape index (κ2) is 6.24. The summed E-state index contributed by atoms with van der Waals surface area (Å²) >= 11 is 12.0. The predicted molar refractivity (Wildman–Crippen MR) is 86.9 cm³/mol. The van der Waals surface area contributed by atoms with Crippen molar-refractivity contribution in [3.63, 3.8) is 0 Å². The third-order valence-corrected chi connectivity index (χ3v) is 3.73. The number of likely N-dealkylation sites (N-methyl/N-ethyl adjacent to an activating group) is 1. The van der Waals surface area contributed by atoms with E-state index < -0.39 is 0 Å². The van der Waals surface area contributed by atoms with Gasteiger partial charge < -0.3 is 14.1 Å². The molecule has 3 aromatic heterocycles. The Hall–Kier alpha value is -1.63. The maximum absolute atomic E-state index is 6.08. The van der Waals surface area contributed by atoms with Crippen LogP contribution in [0.1, 0.15) is 6.92 Å². The molecule has 116 valence electrons. The molecular weight excluding hydrogens is 327 g/mol. The molecule has 3 heterocycles. The molecule has 3 aromatic rings. The molecule has 0 N–H and O–H groups in total. The first-order chi connectivity index (χ1) is 10.6. The molecule has 0 saturated carbocycles. The summed E-state index contributed by atoms with van der Waals surface area (Å²) in [6, 6.07) is 3.51. The van der Waals surface area contributed by atoms with Crippen LogP contribution in [0, 0.1) is 0 Å². The highest BCUT2D eigenvalue weighted by Crippen LogP contribution is 2.33. The van der Waals surface area contributed by atoms with Crippen molar-refractivity contribution in [2.75, 3.05) is 31.7 Å². The van der Waals surface area contributed by atoms with Crippen LogP contribution in [0.3, 0.4) is 0 Å². The minimum absolute atomic E-state index is 0.163. The lowest BCUT2D eigenvalue weighted by Crippen LogP contribution is -2.28. The number of anilines is 1. The molecule has 0 radical (unpaired) electrons. The van der Waals surface area contributed by atoms with Crippen LogP contribution in [-0.4, -0.2) is 41.8 Å². The number of methoxy groups -OCH3 is 1. The van der Waals surface area contributed by atoms with E-state index in [1.54, 1.807) is 13.2 Å². The number of nitrogens with zero attached hydrogens (tertiary/aromatic N) is 4. The van der Waals surface area contributed by atoms with E-state index in [1.807, 2.05) is 17.9 Å². The van der Waals surface area contributed by atoms with Crippen LogP contribution >= 0.6 is 23.2 Å². The minimum atomic E-state index is 0.163. The maximum atomic E-state index is 6.08. The maximum Gasteiger partial charge on any atom is 0.230 e. The number of pyridine rings is 1. The lowest BCUT2D eigenvalue weighted by molar-refractivity contribution is 0.205. The van der Waals surface area contributed by atoms with E-state index in [4.69, 9.17) is 32.4 Å². The molecule has 0 saturated heterocycles. The molecule has 22 heavy (non-hydrogen) atoms. The fraction of sp³-hybridized carbons (Fsp3) is 0.357. The van der Waals surface area contributed by atoms with Gasteiger partial charge in [0, 0.05) is 20.2 Å². The topological polar surface area (TPSA) is 64.3 Å². The van der Waals surface area contributed by atoms with Crippen LogP contribution < -0.4 is 4.90 Å². The Balaban J connectivity index is 2.22. The first-order valence-electron chi connectivity index (χ1n) is 6.80. The largest absolute Gasteiger partial charge is 0.432 e. The molecule has 0 fully saturated rings. The average molecular weight is 341 g/mol. The van der Waals surface area contributed by atoms with Gasteiger partial charge in [0.1, 0.15) is 10.7 Å². The minimum Gasteiger partial charge on any atom is -0.432 e. The van der Waals surface area contributed by atoms with E-state index in [2.05, 4.69) is 15.0 Å². The highest BCUT2D eigenvalue weighted by atomic mass is 35.5. The Morgan fingerprint density at radius 1 is 1.23 bits per heavy atom. The number of furan rings is 1. The van der Waals surface area contributed by atoms with Gasteiger partial charge in [-0.15, -0.1) is 0 Å². The van der Waals surface area contributed by atoms with E-state index in [0.717, 1.165) is 11.9 Å². The summed E-state index contributed by atoms with van der Waals surface area (Å²) in [6.07, 6.45) is 0. The molecule has 0 amide bonds. The second-order valence-corrected chi connectivity index (χ2v) is 5.38. The molecule has 3 rings (SSSR count). The Bertz CT molecular complexity index is 821. The van der Waals surface area contributed by atoms with Gasteiger partial charge >= 0.3 is 0 Å². The molecular formula is C14H14Cl2N4O2.